The van der Waals surface area contributed by atoms with E-state index in [0.29, 0.717) is 10.9 Å². The van der Waals surface area contributed by atoms with E-state index in [1.165, 1.54) is 0 Å². The fourth-order valence-electron chi connectivity index (χ4n) is 2.86. The van der Waals surface area contributed by atoms with Gasteiger partial charge in [0.15, 0.2) is 5.84 Å². The molecule has 0 unspecified atom stereocenters. The number of nitrogens with one attached hydrogen (secondary N) is 2. The van der Waals surface area contributed by atoms with Crippen LogP contribution in [-0.4, -0.2) is 17.5 Å². The van der Waals surface area contributed by atoms with E-state index in [-0.39, 0.29) is 0 Å². The molecule has 0 aliphatic rings. The summed E-state index contributed by atoms with van der Waals surface area (Å²) in [5.41, 5.74) is 5.21. The van der Waals surface area contributed by atoms with E-state index in [4.69, 9.17) is 22.4 Å². The molecule has 27 heavy (non-hydrogen) atoms. The molecule has 0 amide bonds. The summed E-state index contributed by atoms with van der Waals surface area (Å²) in [6.45, 7) is 3.41. The van der Waals surface area contributed by atoms with E-state index in [1.807, 2.05) is 42.5 Å². The van der Waals surface area contributed by atoms with Gasteiger partial charge in [0.2, 0.25) is 0 Å². The van der Waals surface area contributed by atoms with Gasteiger partial charge in [-0.2, -0.15) is 10.2 Å². The van der Waals surface area contributed by atoms with Crippen LogP contribution in [0.5, 0.6) is 0 Å². The predicted molar refractivity (Wildman–Crippen MR) is 115 cm³/mol. The van der Waals surface area contributed by atoms with Gasteiger partial charge in [-0.1, -0.05) is 23.7 Å². The van der Waals surface area contributed by atoms with Gasteiger partial charge in [-0.15, -0.1) is 11.3 Å². The minimum absolute atomic E-state index is 0.423. The van der Waals surface area contributed by atoms with Crippen LogP contribution in [0.4, 0.5) is 11.5 Å². The molecule has 0 saturated carbocycles. The van der Waals surface area contributed by atoms with Crippen LogP contribution in [0, 0.1) is 0 Å². The fourth-order valence-corrected chi connectivity index (χ4v) is 3.91. The molecule has 0 bridgehead atoms. The molecule has 134 valence electrons. The maximum Gasteiger partial charge on any atom is 0.173 e. The molecule has 2 aromatic heterocycles. The molecule has 0 spiro atoms. The Bertz CT molecular complexity index is 1170. The Hall–Kier alpha value is -3.16. The molecule has 6 nitrogen and oxygen atoms in total. The van der Waals surface area contributed by atoms with Crippen LogP contribution in [0.25, 0.3) is 21.0 Å². The molecule has 0 radical (unpaired) electrons. The van der Waals surface area contributed by atoms with Crippen molar-refractivity contribution >= 4 is 68.0 Å². The van der Waals surface area contributed by atoms with Gasteiger partial charge >= 0.3 is 0 Å². The standard InChI is InChI=1S/C19H15ClN6S/c1-22-26-18(25-21)11-2-7-14-16(10-11)24-19(15-8-9-27-17(14)15)23-13-5-3-12(20)4-6-13/h2-10H,1,21H2,(H,23,24)(H,25,26). The zero-order valence-corrected chi connectivity index (χ0v) is 15.7. The number of pyridine rings is 1. The lowest BCUT2D eigenvalue weighted by molar-refractivity contribution is 1.02. The first-order valence-corrected chi connectivity index (χ1v) is 9.29. The lowest BCUT2D eigenvalue weighted by Crippen LogP contribution is -2.20. The van der Waals surface area contributed by atoms with Crippen LogP contribution < -0.4 is 16.6 Å². The molecule has 4 N–H and O–H groups in total. The number of hydrazone groups is 2. The Labute approximate surface area is 164 Å². The van der Waals surface area contributed by atoms with E-state index in [2.05, 4.69) is 39.1 Å². The second-order valence-corrected chi connectivity index (χ2v) is 7.09. The largest absolute Gasteiger partial charge is 0.340 e. The minimum atomic E-state index is 0.423. The molecular formula is C19H15ClN6S. The summed E-state index contributed by atoms with van der Waals surface area (Å²) in [6, 6.07) is 15.4. The molecular weight excluding hydrogens is 380 g/mol. The number of hydrogen-bond acceptors (Lipinski definition) is 6. The Balaban J connectivity index is 1.85. The lowest BCUT2D eigenvalue weighted by atomic mass is 10.1. The van der Waals surface area contributed by atoms with E-state index in [0.717, 1.165) is 38.1 Å². The van der Waals surface area contributed by atoms with Crippen molar-refractivity contribution in [3.63, 3.8) is 0 Å². The summed E-state index contributed by atoms with van der Waals surface area (Å²) in [6.07, 6.45) is 0. The van der Waals surface area contributed by atoms with Gasteiger partial charge in [0.05, 0.1) is 5.52 Å². The van der Waals surface area contributed by atoms with Crippen LogP contribution >= 0.6 is 22.9 Å². The predicted octanol–water partition coefficient (Wildman–Crippen LogP) is 4.67. The number of halogens is 1. The Morgan fingerprint density at radius 1 is 1.11 bits per heavy atom. The minimum Gasteiger partial charge on any atom is -0.340 e. The fraction of sp³-hybridized carbons (Fsp3) is 0. The Morgan fingerprint density at radius 3 is 2.67 bits per heavy atom. The third-order valence-corrected chi connectivity index (χ3v) is 5.29. The van der Waals surface area contributed by atoms with Crippen LogP contribution in [0.15, 0.2) is 64.1 Å². The highest BCUT2D eigenvalue weighted by atomic mass is 35.5. The third kappa shape index (κ3) is 3.30. The van der Waals surface area contributed by atoms with E-state index < -0.39 is 0 Å². The van der Waals surface area contributed by atoms with Gasteiger partial charge in [-0.05, 0) is 41.8 Å². The van der Waals surface area contributed by atoms with Gasteiger partial charge in [0, 0.05) is 38.5 Å². The summed E-state index contributed by atoms with van der Waals surface area (Å²) in [7, 11) is 0. The smallest absolute Gasteiger partial charge is 0.173 e. The molecule has 8 heteroatoms. The summed E-state index contributed by atoms with van der Waals surface area (Å²) in [5.74, 6) is 6.65. The zero-order valence-electron chi connectivity index (χ0n) is 14.1. The van der Waals surface area contributed by atoms with Crippen LogP contribution in [0.1, 0.15) is 5.56 Å². The number of benzene rings is 2. The van der Waals surface area contributed by atoms with Gasteiger partial charge in [-0.3, -0.25) is 5.43 Å². The van der Waals surface area contributed by atoms with Crippen molar-refractivity contribution in [2.24, 2.45) is 16.0 Å². The average molecular weight is 395 g/mol. The highest BCUT2D eigenvalue weighted by Gasteiger charge is 2.12. The highest BCUT2D eigenvalue weighted by Crippen LogP contribution is 2.35. The molecule has 0 aliphatic carbocycles. The quantitative estimate of drug-likeness (QED) is 0.203. The molecule has 4 aromatic rings. The monoisotopic (exact) mass is 394 g/mol. The molecule has 2 aromatic carbocycles. The van der Waals surface area contributed by atoms with Crippen molar-refractivity contribution in [3.05, 3.63) is 64.5 Å². The zero-order chi connectivity index (χ0) is 18.8. The first kappa shape index (κ1) is 17.3. The van der Waals surface area contributed by atoms with Gasteiger partial charge in [0.25, 0.3) is 0 Å². The van der Waals surface area contributed by atoms with E-state index >= 15 is 0 Å². The van der Waals surface area contributed by atoms with Crippen molar-refractivity contribution in [2.75, 3.05) is 5.32 Å². The molecule has 2 heterocycles. The summed E-state index contributed by atoms with van der Waals surface area (Å²) >= 11 is 7.65. The number of rotatable bonds is 4. The number of aromatic nitrogens is 1. The van der Waals surface area contributed by atoms with Crippen molar-refractivity contribution in [1.82, 2.24) is 10.4 Å². The maximum atomic E-state index is 5.98. The maximum absolute atomic E-state index is 5.98. The summed E-state index contributed by atoms with van der Waals surface area (Å²) < 4.78 is 1.16. The van der Waals surface area contributed by atoms with Gasteiger partial charge < -0.3 is 11.2 Å². The number of thiophene rings is 1. The third-order valence-electron chi connectivity index (χ3n) is 4.09. The average Bonchev–Trinajstić information content (AvgIpc) is 3.18. The normalized spacial score (nSPS) is 11.7. The van der Waals surface area contributed by atoms with Crippen molar-refractivity contribution in [3.8, 4) is 0 Å². The number of anilines is 2. The second-order valence-electron chi connectivity index (χ2n) is 5.74. The topological polar surface area (TPSA) is 87.7 Å². The summed E-state index contributed by atoms with van der Waals surface area (Å²) in [5, 5.41) is 15.6. The Kier molecular flexibility index (Phi) is 4.62. The van der Waals surface area contributed by atoms with Crippen molar-refractivity contribution in [2.45, 2.75) is 0 Å². The van der Waals surface area contributed by atoms with Gasteiger partial charge in [0.1, 0.15) is 5.82 Å². The van der Waals surface area contributed by atoms with E-state index in [9.17, 15) is 0 Å². The number of hydrogen-bond donors (Lipinski definition) is 3. The van der Waals surface area contributed by atoms with Crippen LogP contribution in [0.3, 0.4) is 0 Å². The number of amidine groups is 1. The number of nitrogens with zero attached hydrogens (tertiary/aromatic N) is 3. The molecule has 4 rings (SSSR count). The lowest BCUT2D eigenvalue weighted by Gasteiger charge is -2.11. The molecule has 0 atom stereocenters. The second kappa shape index (κ2) is 7.22. The van der Waals surface area contributed by atoms with Crippen LogP contribution in [-0.2, 0) is 0 Å². The van der Waals surface area contributed by atoms with Crippen LogP contribution in [0.2, 0.25) is 5.02 Å². The Morgan fingerprint density at radius 2 is 1.93 bits per heavy atom. The molecule has 0 aliphatic heterocycles. The highest BCUT2D eigenvalue weighted by molar-refractivity contribution is 7.18. The van der Waals surface area contributed by atoms with Crippen molar-refractivity contribution < 1.29 is 0 Å². The SMILES string of the molecule is C=NNC(=NN)c1ccc2c(c1)nc(Nc1ccc(Cl)cc1)c1ccsc12. The van der Waals surface area contributed by atoms with Crippen molar-refractivity contribution in [1.29, 1.82) is 0 Å². The molecule has 0 fully saturated rings. The van der Waals surface area contributed by atoms with Gasteiger partial charge in [-0.25, -0.2) is 4.98 Å². The van der Waals surface area contributed by atoms with E-state index in [1.54, 1.807) is 11.3 Å². The first-order valence-electron chi connectivity index (χ1n) is 8.03. The first-order chi connectivity index (χ1) is 13.2. The number of fused-ring (bicyclic) bond motifs is 3. The number of nitrogens with two attached hydrogens (primary N) is 1. The molecule has 0 saturated heterocycles. The summed E-state index contributed by atoms with van der Waals surface area (Å²) in [4.78, 5) is 4.82.